The summed E-state index contributed by atoms with van der Waals surface area (Å²) in [5, 5.41) is 3.29. The van der Waals surface area contributed by atoms with Crippen LogP contribution >= 0.6 is 11.6 Å². The maximum absolute atomic E-state index is 12.8. The number of aryl methyl sites for hydroxylation is 1. The molecule has 1 aliphatic rings. The molecule has 0 bridgehead atoms. The van der Waals surface area contributed by atoms with Crippen LogP contribution < -0.4 is 5.32 Å². The number of amides is 1. The second-order valence-corrected chi connectivity index (χ2v) is 8.17. The number of fused-ring (bicyclic) bond motifs is 1. The number of sulfonamides is 1. The van der Waals surface area contributed by atoms with Crippen molar-refractivity contribution in [3.63, 3.8) is 0 Å². The van der Waals surface area contributed by atoms with Gasteiger partial charge in [0.05, 0.1) is 4.90 Å². The van der Waals surface area contributed by atoms with E-state index in [1.807, 2.05) is 6.07 Å². The van der Waals surface area contributed by atoms with Gasteiger partial charge in [0.1, 0.15) is 0 Å². The Morgan fingerprint density at radius 1 is 1.17 bits per heavy atom. The van der Waals surface area contributed by atoms with Gasteiger partial charge in [-0.25, -0.2) is 8.42 Å². The van der Waals surface area contributed by atoms with Crippen molar-refractivity contribution >= 4 is 33.2 Å². The molecule has 1 amide bonds. The highest BCUT2D eigenvalue weighted by Gasteiger charge is 2.24. The van der Waals surface area contributed by atoms with Crippen molar-refractivity contribution in [2.24, 2.45) is 0 Å². The molecule has 0 aromatic heterocycles. The molecule has 1 heterocycles. The van der Waals surface area contributed by atoms with Crippen LogP contribution in [0.2, 0.25) is 5.02 Å². The highest BCUT2D eigenvalue weighted by molar-refractivity contribution is 7.89. The van der Waals surface area contributed by atoms with Gasteiger partial charge in [0.25, 0.3) is 0 Å². The fourth-order valence-electron chi connectivity index (χ4n) is 2.65. The Morgan fingerprint density at radius 2 is 1.92 bits per heavy atom. The normalized spacial score (nSPS) is 14.4. The van der Waals surface area contributed by atoms with E-state index in [2.05, 4.69) is 5.32 Å². The average molecular weight is 365 g/mol. The summed E-state index contributed by atoms with van der Waals surface area (Å²) in [5.41, 5.74) is 2.26. The van der Waals surface area contributed by atoms with Gasteiger partial charge in [-0.15, -0.1) is 0 Å². The Bertz CT molecular complexity index is 896. The van der Waals surface area contributed by atoms with Gasteiger partial charge >= 0.3 is 0 Å². The molecule has 0 spiro atoms. The summed E-state index contributed by atoms with van der Waals surface area (Å²) in [6.07, 6.45) is 0.907. The standard InChI is InChI=1S/C17H17ClN2O3S/c1-20(11-13-4-2-3-5-15(13)18)24(22,23)14-7-8-16-12(10-14)6-9-17(21)19-16/h2-5,7-8,10H,6,9,11H2,1H3,(H,19,21). The molecule has 0 fully saturated rings. The molecule has 0 atom stereocenters. The Hall–Kier alpha value is -1.89. The topological polar surface area (TPSA) is 66.5 Å². The van der Waals surface area contributed by atoms with E-state index in [4.69, 9.17) is 11.6 Å². The molecule has 2 aromatic carbocycles. The van der Waals surface area contributed by atoms with E-state index in [9.17, 15) is 13.2 Å². The third-order valence-electron chi connectivity index (χ3n) is 4.03. The lowest BCUT2D eigenvalue weighted by molar-refractivity contribution is -0.116. The lowest BCUT2D eigenvalue weighted by Gasteiger charge is -2.21. The van der Waals surface area contributed by atoms with Gasteiger partial charge in [0, 0.05) is 30.7 Å². The predicted molar refractivity (Wildman–Crippen MR) is 93.5 cm³/mol. The zero-order valence-electron chi connectivity index (χ0n) is 13.1. The minimum atomic E-state index is -3.64. The van der Waals surface area contributed by atoms with E-state index < -0.39 is 10.0 Å². The summed E-state index contributed by atoms with van der Waals surface area (Å²) in [5.74, 6) is -0.0473. The Labute approximate surface area is 146 Å². The second kappa shape index (κ2) is 6.55. The van der Waals surface area contributed by atoms with E-state index in [1.165, 1.54) is 17.4 Å². The summed E-state index contributed by atoms with van der Waals surface area (Å²) < 4.78 is 26.9. The first-order chi connectivity index (χ1) is 11.4. The molecule has 0 radical (unpaired) electrons. The van der Waals surface area contributed by atoms with Crippen LogP contribution in [0.5, 0.6) is 0 Å². The highest BCUT2D eigenvalue weighted by Crippen LogP contribution is 2.27. The van der Waals surface area contributed by atoms with Crippen LogP contribution in [0.15, 0.2) is 47.4 Å². The molecule has 2 aromatic rings. The molecule has 24 heavy (non-hydrogen) atoms. The van der Waals surface area contributed by atoms with E-state index in [0.29, 0.717) is 23.6 Å². The second-order valence-electron chi connectivity index (χ2n) is 5.72. The van der Waals surface area contributed by atoms with Gasteiger partial charge in [0.2, 0.25) is 15.9 Å². The van der Waals surface area contributed by atoms with Crippen molar-refractivity contribution in [2.45, 2.75) is 24.3 Å². The van der Waals surface area contributed by atoms with Crippen molar-refractivity contribution in [1.82, 2.24) is 4.31 Å². The molecule has 0 unspecified atom stereocenters. The lowest BCUT2D eigenvalue weighted by atomic mass is 10.0. The number of benzene rings is 2. The predicted octanol–water partition coefficient (Wildman–Crippen LogP) is 3.05. The zero-order valence-corrected chi connectivity index (χ0v) is 14.7. The van der Waals surface area contributed by atoms with E-state index >= 15 is 0 Å². The van der Waals surface area contributed by atoms with Crippen molar-refractivity contribution < 1.29 is 13.2 Å². The number of hydrogen-bond donors (Lipinski definition) is 1. The van der Waals surface area contributed by atoms with Crippen LogP contribution in [0, 0.1) is 0 Å². The number of carbonyl (C=O) groups is 1. The number of nitrogens with one attached hydrogen (secondary N) is 1. The number of nitrogens with zero attached hydrogens (tertiary/aromatic N) is 1. The van der Waals surface area contributed by atoms with Crippen LogP contribution in [-0.4, -0.2) is 25.7 Å². The van der Waals surface area contributed by atoms with E-state index in [1.54, 1.807) is 30.3 Å². The first kappa shape index (κ1) is 17.0. The maximum Gasteiger partial charge on any atom is 0.243 e. The van der Waals surface area contributed by atoms with Crippen molar-refractivity contribution in [3.8, 4) is 0 Å². The van der Waals surface area contributed by atoms with Gasteiger partial charge in [-0.05, 0) is 41.8 Å². The molecule has 0 saturated heterocycles. The summed E-state index contributed by atoms with van der Waals surface area (Å²) >= 11 is 6.11. The molecular formula is C17H17ClN2O3S. The van der Waals surface area contributed by atoms with Gasteiger partial charge < -0.3 is 5.32 Å². The summed E-state index contributed by atoms with van der Waals surface area (Å²) in [4.78, 5) is 11.6. The summed E-state index contributed by atoms with van der Waals surface area (Å²) in [6.45, 7) is 0.190. The number of halogens is 1. The minimum Gasteiger partial charge on any atom is -0.326 e. The van der Waals surface area contributed by atoms with Crippen LogP contribution in [0.1, 0.15) is 17.5 Å². The van der Waals surface area contributed by atoms with Gasteiger partial charge in [-0.3, -0.25) is 4.79 Å². The Kier molecular flexibility index (Phi) is 4.62. The van der Waals surface area contributed by atoms with Gasteiger partial charge in [-0.2, -0.15) is 4.31 Å². The first-order valence-corrected chi connectivity index (χ1v) is 9.32. The van der Waals surface area contributed by atoms with Gasteiger partial charge in [-0.1, -0.05) is 29.8 Å². The molecule has 1 N–H and O–H groups in total. The lowest BCUT2D eigenvalue weighted by Crippen LogP contribution is -2.27. The monoisotopic (exact) mass is 364 g/mol. The molecule has 0 aliphatic carbocycles. The molecule has 126 valence electrons. The van der Waals surface area contributed by atoms with Crippen LogP contribution in [0.4, 0.5) is 5.69 Å². The van der Waals surface area contributed by atoms with Crippen LogP contribution in [0.25, 0.3) is 0 Å². The van der Waals surface area contributed by atoms with Gasteiger partial charge in [0.15, 0.2) is 0 Å². The molecule has 3 rings (SSSR count). The molecular weight excluding hydrogens is 348 g/mol. The van der Waals surface area contributed by atoms with Crippen molar-refractivity contribution in [2.75, 3.05) is 12.4 Å². The number of anilines is 1. The SMILES string of the molecule is CN(Cc1ccccc1Cl)S(=O)(=O)c1ccc2c(c1)CCC(=O)N2. The molecule has 1 aliphatic heterocycles. The third-order valence-corrected chi connectivity index (χ3v) is 6.20. The zero-order chi connectivity index (χ0) is 17.3. The fourth-order valence-corrected chi connectivity index (χ4v) is 4.05. The minimum absolute atomic E-state index is 0.0473. The maximum atomic E-state index is 12.8. The average Bonchev–Trinajstić information content (AvgIpc) is 2.56. The van der Waals surface area contributed by atoms with Crippen LogP contribution in [0.3, 0.4) is 0 Å². The summed E-state index contributed by atoms with van der Waals surface area (Å²) in [6, 6.07) is 12.0. The smallest absolute Gasteiger partial charge is 0.243 e. The molecule has 7 heteroatoms. The number of carbonyl (C=O) groups excluding carboxylic acids is 1. The third kappa shape index (κ3) is 3.31. The number of hydrogen-bond acceptors (Lipinski definition) is 3. The molecule has 0 saturated carbocycles. The number of rotatable bonds is 4. The van der Waals surface area contributed by atoms with Crippen LogP contribution in [-0.2, 0) is 27.8 Å². The Morgan fingerprint density at radius 3 is 2.67 bits per heavy atom. The highest BCUT2D eigenvalue weighted by atomic mass is 35.5. The molecule has 5 nitrogen and oxygen atoms in total. The largest absolute Gasteiger partial charge is 0.326 e. The first-order valence-electron chi connectivity index (χ1n) is 7.50. The fraction of sp³-hybridized carbons (Fsp3) is 0.235. The summed E-state index contributed by atoms with van der Waals surface area (Å²) in [7, 11) is -2.11. The quantitative estimate of drug-likeness (QED) is 0.906. The van der Waals surface area contributed by atoms with Crippen molar-refractivity contribution in [3.05, 3.63) is 58.6 Å². The van der Waals surface area contributed by atoms with E-state index in [0.717, 1.165) is 11.1 Å². The van der Waals surface area contributed by atoms with E-state index in [-0.39, 0.29) is 17.3 Å². The van der Waals surface area contributed by atoms with Crippen molar-refractivity contribution in [1.29, 1.82) is 0 Å². The Balaban J connectivity index is 1.87.